The molecule has 1 unspecified atom stereocenters. The zero-order valence-electron chi connectivity index (χ0n) is 13.7. The number of hydrogen-bond acceptors (Lipinski definition) is 4. The molecule has 6 nitrogen and oxygen atoms in total. The lowest BCUT2D eigenvalue weighted by atomic mass is 9.92. The van der Waals surface area contributed by atoms with E-state index in [1.165, 1.54) is 0 Å². The number of hydrogen-bond donors (Lipinski definition) is 1. The van der Waals surface area contributed by atoms with Crippen molar-refractivity contribution in [1.82, 2.24) is 15.1 Å². The van der Waals surface area contributed by atoms with Gasteiger partial charge in [0.05, 0.1) is 5.69 Å². The van der Waals surface area contributed by atoms with E-state index in [0.717, 1.165) is 0 Å². The van der Waals surface area contributed by atoms with Gasteiger partial charge in [0.2, 0.25) is 0 Å². The molecule has 122 valence electrons. The van der Waals surface area contributed by atoms with Crippen LogP contribution in [0, 0.1) is 0 Å². The normalized spacial score (nSPS) is 13.9. The van der Waals surface area contributed by atoms with Gasteiger partial charge in [-0.3, -0.25) is 0 Å². The lowest BCUT2D eigenvalue weighted by molar-refractivity contribution is -0.113. The van der Waals surface area contributed by atoms with E-state index in [9.17, 15) is 9.59 Å². The monoisotopic (exact) mass is 315 g/mol. The van der Waals surface area contributed by atoms with Crippen molar-refractivity contribution in [2.45, 2.75) is 38.8 Å². The van der Waals surface area contributed by atoms with Crippen molar-refractivity contribution in [1.29, 1.82) is 0 Å². The Bertz CT molecular complexity index is 689. The quantitative estimate of drug-likeness (QED) is 0.881. The molecule has 1 atom stereocenters. The number of carbonyl (C=O) groups is 2. The van der Waals surface area contributed by atoms with Gasteiger partial charge in [-0.05, 0) is 39.8 Å². The summed E-state index contributed by atoms with van der Waals surface area (Å²) in [6.07, 6.45) is 3.47. The number of alkyl carbamates (subject to hydrolysis) is 1. The number of rotatable bonds is 4. The minimum atomic E-state index is -1.23. The number of nitrogens with zero attached hydrogens (tertiary/aromatic N) is 2. The summed E-state index contributed by atoms with van der Waals surface area (Å²) in [7, 11) is 0. The average molecular weight is 315 g/mol. The largest absolute Gasteiger partial charge is 0.444 e. The van der Waals surface area contributed by atoms with Gasteiger partial charge in [-0.15, -0.1) is 0 Å². The topological polar surface area (TPSA) is 73.2 Å². The minimum Gasteiger partial charge on any atom is -0.444 e. The van der Waals surface area contributed by atoms with Gasteiger partial charge in [0.15, 0.2) is 0 Å². The Kier molecular flexibility index (Phi) is 4.54. The fourth-order valence-corrected chi connectivity index (χ4v) is 2.20. The second-order valence-electron chi connectivity index (χ2n) is 6.41. The SMILES string of the molecule is CC(C)(C)OC(=O)NC(C)(C=O)c1ccccc1-n1cccn1. The van der Waals surface area contributed by atoms with Gasteiger partial charge in [0, 0.05) is 18.0 Å². The summed E-state index contributed by atoms with van der Waals surface area (Å²) in [5.74, 6) is 0. The highest BCUT2D eigenvalue weighted by Gasteiger charge is 2.33. The number of nitrogens with one attached hydrogen (secondary N) is 1. The molecule has 0 fully saturated rings. The molecule has 0 aliphatic heterocycles. The van der Waals surface area contributed by atoms with Gasteiger partial charge in [0.1, 0.15) is 17.4 Å². The van der Waals surface area contributed by atoms with Crippen molar-refractivity contribution in [3.63, 3.8) is 0 Å². The fraction of sp³-hybridized carbons (Fsp3) is 0.353. The molecule has 0 spiro atoms. The minimum absolute atomic E-state index is 0.629. The number of amides is 1. The summed E-state index contributed by atoms with van der Waals surface area (Å²) in [5, 5.41) is 6.84. The third kappa shape index (κ3) is 3.97. The Labute approximate surface area is 135 Å². The summed E-state index contributed by atoms with van der Waals surface area (Å²) in [5.41, 5.74) is -0.534. The number of aromatic nitrogens is 2. The molecule has 1 aromatic carbocycles. The molecular weight excluding hydrogens is 294 g/mol. The molecule has 0 radical (unpaired) electrons. The van der Waals surface area contributed by atoms with Crippen molar-refractivity contribution < 1.29 is 14.3 Å². The van der Waals surface area contributed by atoms with Gasteiger partial charge in [-0.1, -0.05) is 18.2 Å². The van der Waals surface area contributed by atoms with Crippen LogP contribution < -0.4 is 5.32 Å². The van der Waals surface area contributed by atoms with Crippen molar-refractivity contribution >= 4 is 12.4 Å². The first kappa shape index (κ1) is 16.7. The standard InChI is InChI=1S/C17H21N3O3/c1-16(2,3)23-15(22)19-17(4,12-21)13-8-5-6-9-14(13)20-11-7-10-18-20/h5-12H,1-4H3,(H,19,22). The number of ether oxygens (including phenoxy) is 1. The summed E-state index contributed by atoms with van der Waals surface area (Å²) in [6, 6.07) is 9.06. The fourth-order valence-electron chi connectivity index (χ4n) is 2.20. The van der Waals surface area contributed by atoms with Crippen molar-refractivity contribution in [3.05, 3.63) is 48.3 Å². The summed E-state index contributed by atoms with van der Waals surface area (Å²) in [6.45, 7) is 6.93. The molecule has 0 saturated carbocycles. The van der Waals surface area contributed by atoms with Gasteiger partial charge in [-0.25, -0.2) is 9.48 Å². The Morgan fingerprint density at radius 1 is 1.22 bits per heavy atom. The molecular formula is C17H21N3O3. The van der Waals surface area contributed by atoms with E-state index in [1.807, 2.05) is 12.1 Å². The number of para-hydroxylation sites is 1. The molecule has 1 heterocycles. The van der Waals surface area contributed by atoms with E-state index < -0.39 is 17.2 Å². The average Bonchev–Trinajstić information content (AvgIpc) is 2.99. The summed E-state index contributed by atoms with van der Waals surface area (Å²) < 4.78 is 6.90. The predicted molar refractivity (Wildman–Crippen MR) is 86.3 cm³/mol. The van der Waals surface area contributed by atoms with Crippen LogP contribution in [0.15, 0.2) is 42.7 Å². The third-order valence-electron chi connectivity index (χ3n) is 3.21. The summed E-state index contributed by atoms with van der Waals surface area (Å²) in [4.78, 5) is 23.8. The lowest BCUT2D eigenvalue weighted by Gasteiger charge is -2.29. The first-order chi connectivity index (χ1) is 10.7. The molecule has 23 heavy (non-hydrogen) atoms. The maximum absolute atomic E-state index is 12.1. The second-order valence-corrected chi connectivity index (χ2v) is 6.41. The van der Waals surface area contributed by atoms with Crippen LogP contribution in [-0.2, 0) is 15.1 Å². The first-order valence-corrected chi connectivity index (χ1v) is 7.32. The van der Waals surface area contributed by atoms with Crippen molar-refractivity contribution in [2.75, 3.05) is 0 Å². The highest BCUT2D eigenvalue weighted by Crippen LogP contribution is 2.25. The number of aldehydes is 1. The highest BCUT2D eigenvalue weighted by molar-refractivity contribution is 5.79. The van der Waals surface area contributed by atoms with Crippen molar-refractivity contribution in [2.24, 2.45) is 0 Å². The van der Waals surface area contributed by atoms with Crippen LogP contribution in [0.2, 0.25) is 0 Å². The van der Waals surface area contributed by atoms with Crippen LogP contribution in [0.25, 0.3) is 5.69 Å². The van der Waals surface area contributed by atoms with E-state index >= 15 is 0 Å². The van der Waals surface area contributed by atoms with Crippen LogP contribution in [0.5, 0.6) is 0 Å². The molecule has 1 aromatic heterocycles. The number of carbonyl (C=O) groups excluding carboxylic acids is 2. The molecule has 1 amide bonds. The molecule has 0 aliphatic carbocycles. The van der Waals surface area contributed by atoms with Crippen LogP contribution in [0.3, 0.4) is 0 Å². The van der Waals surface area contributed by atoms with Gasteiger partial charge < -0.3 is 14.8 Å². The molecule has 2 aromatic rings. The van der Waals surface area contributed by atoms with Gasteiger partial charge >= 0.3 is 6.09 Å². The van der Waals surface area contributed by atoms with Crippen LogP contribution in [0.4, 0.5) is 4.79 Å². The van der Waals surface area contributed by atoms with Gasteiger partial charge in [-0.2, -0.15) is 5.10 Å². The van der Waals surface area contributed by atoms with E-state index in [-0.39, 0.29) is 0 Å². The smallest absolute Gasteiger partial charge is 0.408 e. The maximum Gasteiger partial charge on any atom is 0.408 e. The predicted octanol–water partition coefficient (Wildman–Crippen LogP) is 2.81. The van der Waals surface area contributed by atoms with Crippen LogP contribution >= 0.6 is 0 Å². The first-order valence-electron chi connectivity index (χ1n) is 7.32. The maximum atomic E-state index is 12.1. The van der Waals surface area contributed by atoms with E-state index in [0.29, 0.717) is 17.5 Å². The second kappa shape index (κ2) is 6.24. The van der Waals surface area contributed by atoms with E-state index in [4.69, 9.17) is 4.74 Å². The zero-order chi connectivity index (χ0) is 17.1. The highest BCUT2D eigenvalue weighted by atomic mass is 16.6. The Balaban J connectivity index is 2.37. The van der Waals surface area contributed by atoms with Gasteiger partial charge in [0.25, 0.3) is 0 Å². The molecule has 0 saturated heterocycles. The Morgan fingerprint density at radius 2 is 1.91 bits per heavy atom. The van der Waals surface area contributed by atoms with Crippen LogP contribution in [0.1, 0.15) is 33.3 Å². The molecule has 2 rings (SSSR count). The Morgan fingerprint density at radius 3 is 2.48 bits per heavy atom. The number of benzene rings is 1. The van der Waals surface area contributed by atoms with Crippen molar-refractivity contribution in [3.8, 4) is 5.69 Å². The van der Waals surface area contributed by atoms with Crippen LogP contribution in [-0.4, -0.2) is 27.8 Å². The molecule has 0 bridgehead atoms. The zero-order valence-corrected chi connectivity index (χ0v) is 13.7. The Hall–Kier alpha value is -2.63. The van der Waals surface area contributed by atoms with E-state index in [1.54, 1.807) is 63.0 Å². The van der Waals surface area contributed by atoms with E-state index in [2.05, 4.69) is 10.4 Å². The third-order valence-corrected chi connectivity index (χ3v) is 3.21. The molecule has 0 aliphatic rings. The molecule has 6 heteroatoms. The summed E-state index contributed by atoms with van der Waals surface area (Å²) >= 11 is 0. The lowest BCUT2D eigenvalue weighted by Crippen LogP contribution is -2.47. The molecule has 1 N–H and O–H groups in total.